The Morgan fingerprint density at radius 1 is 0.625 bits per heavy atom. The molecule has 1 N–H and O–H groups in total. The number of carboxylic acids is 1. The van der Waals surface area contributed by atoms with Crippen LogP contribution in [0.2, 0.25) is 0 Å². The number of hydrogen-bond acceptors (Lipinski definition) is 1. The van der Waals surface area contributed by atoms with E-state index in [-0.39, 0.29) is 0 Å². The van der Waals surface area contributed by atoms with Gasteiger partial charge in [-0.15, -0.1) is 0 Å². The van der Waals surface area contributed by atoms with E-state index >= 15 is 0 Å². The second-order valence-corrected chi connectivity index (χ2v) is 7.14. The Morgan fingerprint density at radius 3 is 1.42 bits per heavy atom. The minimum atomic E-state index is -0.675. The first-order chi connectivity index (χ1) is 11.8. The van der Waals surface area contributed by atoms with Crippen molar-refractivity contribution in [2.24, 2.45) is 0 Å². The van der Waals surface area contributed by atoms with Crippen LogP contribution in [0.5, 0.6) is 0 Å². The molecule has 0 aliphatic heterocycles. The summed E-state index contributed by atoms with van der Waals surface area (Å²) < 4.78 is 0. The highest BCUT2D eigenvalue weighted by Gasteiger charge is 1.95. The van der Waals surface area contributed by atoms with Gasteiger partial charge in [-0.1, -0.05) is 96.1 Å². The predicted molar refractivity (Wildman–Crippen MR) is 106 cm³/mol. The fraction of sp³-hybridized carbons (Fsp3) is 0.864. The molecule has 0 aliphatic rings. The SMILES string of the molecule is CCCCCCCCCCCCCCCC=CCCCCC(=O)O. The summed E-state index contributed by atoms with van der Waals surface area (Å²) in [7, 11) is 0. The number of carbonyl (C=O) groups is 1. The minimum absolute atomic E-state index is 0.312. The van der Waals surface area contributed by atoms with Crippen molar-refractivity contribution in [3.63, 3.8) is 0 Å². The van der Waals surface area contributed by atoms with Crippen LogP contribution in [0.3, 0.4) is 0 Å². The second-order valence-electron chi connectivity index (χ2n) is 7.14. The summed E-state index contributed by atoms with van der Waals surface area (Å²) in [6.07, 6.45) is 27.2. The average molecular weight is 339 g/mol. The third-order valence-electron chi connectivity index (χ3n) is 4.65. The maximum atomic E-state index is 10.4. The molecule has 0 spiro atoms. The Bertz CT molecular complexity index is 284. The van der Waals surface area contributed by atoms with Crippen LogP contribution in [-0.4, -0.2) is 11.1 Å². The molecule has 0 rings (SSSR count). The van der Waals surface area contributed by atoms with Crippen molar-refractivity contribution in [1.29, 1.82) is 0 Å². The highest BCUT2D eigenvalue weighted by Crippen LogP contribution is 2.13. The molecule has 0 bridgehead atoms. The largest absolute Gasteiger partial charge is 0.481 e. The number of aliphatic carboxylic acids is 1. The maximum Gasteiger partial charge on any atom is 0.303 e. The zero-order valence-electron chi connectivity index (χ0n) is 16.2. The summed E-state index contributed by atoms with van der Waals surface area (Å²) in [5.41, 5.74) is 0. The average Bonchev–Trinajstić information content (AvgIpc) is 2.56. The van der Waals surface area contributed by atoms with Crippen molar-refractivity contribution < 1.29 is 9.90 Å². The lowest BCUT2D eigenvalue weighted by atomic mass is 10.0. The number of rotatable bonds is 19. The van der Waals surface area contributed by atoms with Crippen molar-refractivity contribution in [2.75, 3.05) is 0 Å². The summed E-state index contributed by atoms with van der Waals surface area (Å²) in [4.78, 5) is 10.4. The third-order valence-corrected chi connectivity index (χ3v) is 4.65. The molecule has 0 heterocycles. The zero-order valence-corrected chi connectivity index (χ0v) is 16.2. The van der Waals surface area contributed by atoms with Gasteiger partial charge in [-0.3, -0.25) is 4.79 Å². The Balaban J connectivity index is 3.05. The fourth-order valence-electron chi connectivity index (χ4n) is 3.05. The molecule has 24 heavy (non-hydrogen) atoms. The molecule has 142 valence electrons. The van der Waals surface area contributed by atoms with Gasteiger partial charge in [0.2, 0.25) is 0 Å². The van der Waals surface area contributed by atoms with Crippen LogP contribution in [-0.2, 0) is 4.79 Å². The first kappa shape index (κ1) is 23.2. The van der Waals surface area contributed by atoms with E-state index in [9.17, 15) is 4.79 Å². The standard InChI is InChI=1S/C22H42O2/c1-2-3-4-5-6-7-8-9-10-11-12-13-14-15-16-17-18-19-20-21-22(23)24/h16-17H,2-15,18-21H2,1H3,(H,23,24). The summed E-state index contributed by atoms with van der Waals surface area (Å²) in [5.74, 6) is -0.675. The Hall–Kier alpha value is -0.790. The summed E-state index contributed by atoms with van der Waals surface area (Å²) in [6, 6.07) is 0. The molecule has 0 aromatic carbocycles. The van der Waals surface area contributed by atoms with Crippen molar-refractivity contribution in [2.45, 2.75) is 122 Å². The van der Waals surface area contributed by atoms with E-state index in [0.717, 1.165) is 19.3 Å². The van der Waals surface area contributed by atoms with E-state index in [0.29, 0.717) is 6.42 Å². The van der Waals surface area contributed by atoms with Crippen molar-refractivity contribution in [3.05, 3.63) is 12.2 Å². The first-order valence-electron chi connectivity index (χ1n) is 10.6. The molecule has 2 heteroatoms. The molecular formula is C22H42O2. The predicted octanol–water partition coefficient (Wildman–Crippen LogP) is 7.67. The van der Waals surface area contributed by atoms with Crippen LogP contribution in [0.25, 0.3) is 0 Å². The van der Waals surface area contributed by atoms with Gasteiger partial charge in [-0.25, -0.2) is 0 Å². The van der Waals surface area contributed by atoms with Gasteiger partial charge in [0, 0.05) is 6.42 Å². The maximum absolute atomic E-state index is 10.4. The quantitative estimate of drug-likeness (QED) is 0.194. The summed E-state index contributed by atoms with van der Waals surface area (Å²) in [5, 5.41) is 8.54. The molecule has 0 fully saturated rings. The van der Waals surface area contributed by atoms with Gasteiger partial charge < -0.3 is 5.11 Å². The number of allylic oxidation sites excluding steroid dienone is 2. The monoisotopic (exact) mass is 338 g/mol. The van der Waals surface area contributed by atoms with E-state index in [1.807, 2.05) is 0 Å². The smallest absolute Gasteiger partial charge is 0.303 e. The Kier molecular flexibility index (Phi) is 19.6. The lowest BCUT2D eigenvalue weighted by Crippen LogP contribution is -1.92. The molecule has 0 saturated heterocycles. The van der Waals surface area contributed by atoms with Crippen LogP contribution in [0.1, 0.15) is 122 Å². The van der Waals surface area contributed by atoms with E-state index in [2.05, 4.69) is 19.1 Å². The Labute approximate surface area is 151 Å². The van der Waals surface area contributed by atoms with Gasteiger partial charge in [-0.05, 0) is 32.1 Å². The molecular weight excluding hydrogens is 296 g/mol. The highest BCUT2D eigenvalue weighted by molar-refractivity contribution is 5.66. The van der Waals surface area contributed by atoms with E-state index in [4.69, 9.17) is 5.11 Å². The third kappa shape index (κ3) is 21.2. The lowest BCUT2D eigenvalue weighted by Gasteiger charge is -2.02. The van der Waals surface area contributed by atoms with Crippen molar-refractivity contribution in [1.82, 2.24) is 0 Å². The second kappa shape index (κ2) is 20.3. The van der Waals surface area contributed by atoms with Crippen LogP contribution in [0, 0.1) is 0 Å². The number of unbranched alkanes of at least 4 members (excludes halogenated alkanes) is 15. The molecule has 2 nitrogen and oxygen atoms in total. The highest BCUT2D eigenvalue weighted by atomic mass is 16.4. The normalized spacial score (nSPS) is 11.4. The van der Waals surface area contributed by atoms with Gasteiger partial charge >= 0.3 is 5.97 Å². The van der Waals surface area contributed by atoms with E-state index < -0.39 is 5.97 Å². The topological polar surface area (TPSA) is 37.3 Å². The van der Waals surface area contributed by atoms with Gasteiger partial charge in [-0.2, -0.15) is 0 Å². The van der Waals surface area contributed by atoms with Crippen LogP contribution < -0.4 is 0 Å². The summed E-state index contributed by atoms with van der Waals surface area (Å²) >= 11 is 0. The van der Waals surface area contributed by atoms with Gasteiger partial charge in [0.25, 0.3) is 0 Å². The molecule has 0 saturated carbocycles. The van der Waals surface area contributed by atoms with Gasteiger partial charge in [0.15, 0.2) is 0 Å². The lowest BCUT2D eigenvalue weighted by molar-refractivity contribution is -0.137. The van der Waals surface area contributed by atoms with Crippen molar-refractivity contribution >= 4 is 5.97 Å². The molecule has 0 aromatic rings. The van der Waals surface area contributed by atoms with Crippen LogP contribution >= 0.6 is 0 Å². The summed E-state index contributed by atoms with van der Waals surface area (Å²) in [6.45, 7) is 2.28. The van der Waals surface area contributed by atoms with Gasteiger partial charge in [0.05, 0.1) is 0 Å². The van der Waals surface area contributed by atoms with E-state index in [1.54, 1.807) is 0 Å². The molecule has 0 atom stereocenters. The van der Waals surface area contributed by atoms with Crippen LogP contribution in [0.15, 0.2) is 12.2 Å². The molecule has 0 radical (unpaired) electrons. The Morgan fingerprint density at radius 2 is 1.00 bits per heavy atom. The van der Waals surface area contributed by atoms with Gasteiger partial charge in [0.1, 0.15) is 0 Å². The molecule has 0 unspecified atom stereocenters. The molecule has 0 amide bonds. The van der Waals surface area contributed by atoms with E-state index in [1.165, 1.54) is 89.9 Å². The zero-order chi connectivity index (χ0) is 17.7. The molecule has 0 aromatic heterocycles. The fourth-order valence-corrected chi connectivity index (χ4v) is 3.05. The first-order valence-corrected chi connectivity index (χ1v) is 10.6. The molecule has 0 aliphatic carbocycles. The minimum Gasteiger partial charge on any atom is -0.481 e. The van der Waals surface area contributed by atoms with Crippen molar-refractivity contribution in [3.8, 4) is 0 Å². The number of hydrogen-bond donors (Lipinski definition) is 1. The number of carboxylic acid groups (broad SMARTS) is 1. The van der Waals surface area contributed by atoms with Crippen LogP contribution in [0.4, 0.5) is 0 Å².